The van der Waals surface area contributed by atoms with Gasteiger partial charge >= 0.3 is 5.97 Å². The zero-order valence-corrected chi connectivity index (χ0v) is 14.8. The van der Waals surface area contributed by atoms with E-state index in [2.05, 4.69) is 22.1 Å². The summed E-state index contributed by atoms with van der Waals surface area (Å²) in [5.74, 6) is -0.362. The summed E-state index contributed by atoms with van der Waals surface area (Å²) in [6, 6.07) is 10.3. The number of hydrogen-bond acceptors (Lipinski definition) is 3. The Labute approximate surface area is 152 Å². The first-order valence-corrected chi connectivity index (χ1v) is 9.09. The van der Waals surface area contributed by atoms with Gasteiger partial charge in [-0.05, 0) is 43.6 Å². The zero-order valence-electron chi connectivity index (χ0n) is 14.8. The van der Waals surface area contributed by atoms with Crippen LogP contribution in [-0.4, -0.2) is 44.9 Å². The van der Waals surface area contributed by atoms with Crippen LogP contribution in [0.3, 0.4) is 0 Å². The van der Waals surface area contributed by atoms with E-state index in [0.717, 1.165) is 18.5 Å². The highest BCUT2D eigenvalue weighted by Crippen LogP contribution is 2.51. The SMILES string of the molecule is Cc1cnc(C(=O)N2C[C@@H]3C[C@@H](c4ccccc4)CC[C@]3(C(=O)O)C2)[nH]1. The van der Waals surface area contributed by atoms with Gasteiger partial charge in [0.2, 0.25) is 0 Å². The number of carboxylic acids is 1. The molecule has 1 saturated carbocycles. The standard InChI is InChI=1S/C20H23N3O3/c1-13-10-21-17(22-13)18(24)23-11-16-9-15(14-5-3-2-4-6-14)7-8-20(16,12-23)19(25)26/h2-6,10,15-16H,7-9,11-12H2,1H3,(H,21,22)(H,25,26)/t15-,16-,20-/m0/s1. The Kier molecular flexibility index (Phi) is 4.05. The number of fused-ring (bicyclic) bond motifs is 1. The van der Waals surface area contributed by atoms with Crippen LogP contribution in [0.15, 0.2) is 36.5 Å². The van der Waals surface area contributed by atoms with Crippen LogP contribution < -0.4 is 0 Å². The molecule has 6 nitrogen and oxygen atoms in total. The number of carbonyl (C=O) groups excluding carboxylic acids is 1. The minimum Gasteiger partial charge on any atom is -0.481 e. The maximum atomic E-state index is 12.8. The first-order valence-electron chi connectivity index (χ1n) is 9.09. The Morgan fingerprint density at radius 3 is 2.73 bits per heavy atom. The number of carbonyl (C=O) groups is 2. The van der Waals surface area contributed by atoms with E-state index >= 15 is 0 Å². The number of aryl methyl sites for hydroxylation is 1. The third kappa shape index (κ3) is 2.69. The molecule has 1 aromatic carbocycles. The van der Waals surface area contributed by atoms with Gasteiger partial charge in [0.05, 0.1) is 5.41 Å². The minimum absolute atomic E-state index is 0.0287. The molecule has 1 amide bonds. The fraction of sp³-hybridized carbons (Fsp3) is 0.450. The maximum absolute atomic E-state index is 12.8. The Morgan fingerprint density at radius 1 is 1.31 bits per heavy atom. The quantitative estimate of drug-likeness (QED) is 0.888. The number of aromatic amines is 1. The van der Waals surface area contributed by atoms with Crippen LogP contribution in [0.2, 0.25) is 0 Å². The van der Waals surface area contributed by atoms with Crippen LogP contribution in [0.25, 0.3) is 0 Å². The summed E-state index contributed by atoms with van der Waals surface area (Å²) in [5, 5.41) is 9.97. The van der Waals surface area contributed by atoms with E-state index in [1.54, 1.807) is 11.1 Å². The third-order valence-corrected chi connectivity index (χ3v) is 6.09. The van der Waals surface area contributed by atoms with Crippen LogP contribution in [0, 0.1) is 18.3 Å². The second-order valence-corrected chi connectivity index (χ2v) is 7.64. The fourth-order valence-corrected chi connectivity index (χ4v) is 4.65. The number of likely N-dealkylation sites (tertiary alicyclic amines) is 1. The number of aromatic nitrogens is 2. The summed E-state index contributed by atoms with van der Waals surface area (Å²) >= 11 is 0. The maximum Gasteiger partial charge on any atom is 0.311 e. The molecule has 26 heavy (non-hydrogen) atoms. The lowest BCUT2D eigenvalue weighted by Gasteiger charge is -2.38. The van der Waals surface area contributed by atoms with E-state index < -0.39 is 11.4 Å². The lowest BCUT2D eigenvalue weighted by atomic mass is 9.64. The summed E-state index contributed by atoms with van der Waals surface area (Å²) in [4.78, 5) is 33.7. The molecule has 136 valence electrons. The van der Waals surface area contributed by atoms with Crippen molar-refractivity contribution in [3.63, 3.8) is 0 Å². The smallest absolute Gasteiger partial charge is 0.311 e. The first kappa shape index (κ1) is 16.8. The van der Waals surface area contributed by atoms with Gasteiger partial charge in [-0.25, -0.2) is 4.98 Å². The van der Waals surface area contributed by atoms with Crippen molar-refractivity contribution < 1.29 is 14.7 Å². The molecular formula is C20H23N3O3. The molecule has 1 aliphatic carbocycles. The van der Waals surface area contributed by atoms with Crippen molar-refractivity contribution in [2.45, 2.75) is 32.1 Å². The summed E-state index contributed by atoms with van der Waals surface area (Å²) in [6.45, 7) is 2.60. The number of rotatable bonds is 3. The molecule has 0 radical (unpaired) electrons. The van der Waals surface area contributed by atoms with Crippen molar-refractivity contribution in [2.75, 3.05) is 13.1 Å². The normalized spacial score (nSPS) is 28.0. The average Bonchev–Trinajstić information content (AvgIpc) is 3.25. The molecule has 0 spiro atoms. The van der Waals surface area contributed by atoms with Crippen LogP contribution in [0.4, 0.5) is 0 Å². The van der Waals surface area contributed by atoms with Crippen LogP contribution in [0.5, 0.6) is 0 Å². The number of nitrogens with one attached hydrogen (secondary N) is 1. The molecule has 2 N–H and O–H groups in total. The summed E-state index contributed by atoms with van der Waals surface area (Å²) in [7, 11) is 0. The summed E-state index contributed by atoms with van der Waals surface area (Å²) in [5.41, 5.74) is 1.25. The van der Waals surface area contributed by atoms with Crippen LogP contribution in [-0.2, 0) is 4.79 Å². The van der Waals surface area contributed by atoms with E-state index in [4.69, 9.17) is 0 Å². The van der Waals surface area contributed by atoms with Crippen molar-refractivity contribution in [3.05, 3.63) is 53.6 Å². The van der Waals surface area contributed by atoms with E-state index in [9.17, 15) is 14.7 Å². The topological polar surface area (TPSA) is 86.3 Å². The van der Waals surface area contributed by atoms with Crippen LogP contribution >= 0.6 is 0 Å². The van der Waals surface area contributed by atoms with Gasteiger partial charge in [0, 0.05) is 25.0 Å². The molecule has 0 unspecified atom stereocenters. The van der Waals surface area contributed by atoms with Crippen molar-refractivity contribution in [1.82, 2.24) is 14.9 Å². The molecular weight excluding hydrogens is 330 g/mol. The minimum atomic E-state index is -0.831. The fourth-order valence-electron chi connectivity index (χ4n) is 4.65. The number of hydrogen-bond donors (Lipinski definition) is 2. The highest BCUT2D eigenvalue weighted by molar-refractivity contribution is 5.92. The molecule has 4 rings (SSSR count). The number of aliphatic carboxylic acids is 1. The van der Waals surface area contributed by atoms with E-state index in [0.29, 0.717) is 24.7 Å². The molecule has 1 saturated heterocycles. The number of benzene rings is 1. The molecule has 2 aromatic rings. The predicted octanol–water partition coefficient (Wildman–Crippen LogP) is 2.83. The van der Waals surface area contributed by atoms with Gasteiger partial charge in [-0.1, -0.05) is 30.3 Å². The third-order valence-electron chi connectivity index (χ3n) is 6.09. The zero-order chi connectivity index (χ0) is 18.3. The largest absolute Gasteiger partial charge is 0.481 e. The number of imidazole rings is 1. The highest BCUT2D eigenvalue weighted by Gasteiger charge is 2.56. The lowest BCUT2D eigenvalue weighted by Crippen LogP contribution is -2.43. The molecule has 6 heteroatoms. The number of amides is 1. The van der Waals surface area contributed by atoms with Crippen molar-refractivity contribution >= 4 is 11.9 Å². The number of carboxylic acid groups (broad SMARTS) is 1. The first-order chi connectivity index (χ1) is 12.5. The van der Waals surface area contributed by atoms with Gasteiger partial charge in [0.1, 0.15) is 0 Å². The molecule has 0 bridgehead atoms. The summed E-state index contributed by atoms with van der Waals surface area (Å²) in [6.07, 6.45) is 3.87. The van der Waals surface area contributed by atoms with Gasteiger partial charge in [0.25, 0.3) is 5.91 Å². The molecule has 3 atom stereocenters. The van der Waals surface area contributed by atoms with Gasteiger partial charge in [-0.15, -0.1) is 0 Å². The molecule has 2 fully saturated rings. The Balaban J connectivity index is 1.57. The Hall–Kier alpha value is -2.63. The average molecular weight is 353 g/mol. The van der Waals surface area contributed by atoms with Gasteiger partial charge < -0.3 is 15.0 Å². The van der Waals surface area contributed by atoms with Crippen molar-refractivity contribution in [2.24, 2.45) is 11.3 Å². The Morgan fingerprint density at radius 2 is 2.08 bits per heavy atom. The molecule has 2 aliphatic rings. The molecule has 2 heterocycles. The highest BCUT2D eigenvalue weighted by atomic mass is 16.4. The lowest BCUT2D eigenvalue weighted by molar-refractivity contribution is -0.152. The van der Waals surface area contributed by atoms with E-state index in [1.165, 1.54) is 5.56 Å². The molecule has 1 aromatic heterocycles. The monoisotopic (exact) mass is 353 g/mol. The number of H-pyrrole nitrogens is 1. The van der Waals surface area contributed by atoms with E-state index in [-0.39, 0.29) is 18.4 Å². The van der Waals surface area contributed by atoms with Crippen molar-refractivity contribution in [3.8, 4) is 0 Å². The van der Waals surface area contributed by atoms with Gasteiger partial charge in [-0.2, -0.15) is 0 Å². The second-order valence-electron chi connectivity index (χ2n) is 7.64. The molecule has 1 aliphatic heterocycles. The Bertz CT molecular complexity index is 832. The summed E-state index contributed by atoms with van der Waals surface area (Å²) < 4.78 is 0. The van der Waals surface area contributed by atoms with E-state index in [1.807, 2.05) is 25.1 Å². The van der Waals surface area contributed by atoms with Gasteiger partial charge in [-0.3, -0.25) is 9.59 Å². The second kappa shape index (κ2) is 6.27. The predicted molar refractivity (Wildman–Crippen MR) is 95.8 cm³/mol. The van der Waals surface area contributed by atoms with Crippen LogP contribution in [0.1, 0.15) is 47.1 Å². The van der Waals surface area contributed by atoms with Gasteiger partial charge in [0.15, 0.2) is 5.82 Å². The number of nitrogens with zero attached hydrogens (tertiary/aromatic N) is 2. The van der Waals surface area contributed by atoms with Crippen molar-refractivity contribution in [1.29, 1.82) is 0 Å².